The number of anilines is 1. The summed E-state index contributed by atoms with van der Waals surface area (Å²) in [6.07, 6.45) is -4.11. The van der Waals surface area contributed by atoms with Gasteiger partial charge in [-0.1, -0.05) is 55.8 Å². The first-order valence-electron chi connectivity index (χ1n) is 14.1. The number of para-hydroxylation sites is 1. The van der Waals surface area contributed by atoms with Gasteiger partial charge in [-0.2, -0.15) is 18.4 Å². The van der Waals surface area contributed by atoms with Gasteiger partial charge < -0.3 is 5.73 Å². The molecule has 4 nitrogen and oxygen atoms in total. The molecule has 1 heterocycles. The van der Waals surface area contributed by atoms with Gasteiger partial charge in [0, 0.05) is 28.3 Å². The summed E-state index contributed by atoms with van der Waals surface area (Å²) in [5.41, 5.74) is 10.9. The predicted octanol–water partition coefficient (Wildman–Crippen LogP) is 8.86. The quantitative estimate of drug-likeness (QED) is 0.296. The van der Waals surface area contributed by atoms with Crippen LogP contribution in [0.15, 0.2) is 88.2 Å². The van der Waals surface area contributed by atoms with E-state index in [-0.39, 0.29) is 29.3 Å². The van der Waals surface area contributed by atoms with Crippen molar-refractivity contribution in [3.63, 3.8) is 0 Å². The summed E-state index contributed by atoms with van der Waals surface area (Å²) >= 11 is 1.69. The van der Waals surface area contributed by atoms with Crippen LogP contribution in [0.1, 0.15) is 66.0 Å². The van der Waals surface area contributed by atoms with Gasteiger partial charge in [-0.05, 0) is 79.1 Å². The summed E-state index contributed by atoms with van der Waals surface area (Å²) in [7, 11) is 0. The normalized spacial score (nSPS) is 18.5. The van der Waals surface area contributed by atoms with Crippen LogP contribution < -0.4 is 10.6 Å². The molecule has 0 bridgehead atoms. The number of nitrogens with two attached hydrogens (primary N) is 1. The van der Waals surface area contributed by atoms with Gasteiger partial charge in [0.1, 0.15) is 5.82 Å². The second kappa shape index (κ2) is 11.3. The van der Waals surface area contributed by atoms with Crippen LogP contribution in [-0.4, -0.2) is 5.78 Å². The SMILES string of the molecule is Cc1ccc(SCc2cc(C3C(C#N)=C(N)N(c4ccccc4C(F)(F)F)C4=C3C(=O)CC(C)(C)C4)c(C)cc2C)cc1. The van der Waals surface area contributed by atoms with Gasteiger partial charge in [0.15, 0.2) is 5.78 Å². The number of alkyl halides is 3. The molecule has 0 fully saturated rings. The van der Waals surface area contributed by atoms with Crippen LogP contribution >= 0.6 is 11.8 Å². The van der Waals surface area contributed by atoms with Crippen LogP contribution in [-0.2, 0) is 16.7 Å². The summed E-state index contributed by atoms with van der Waals surface area (Å²) in [5.74, 6) is -0.360. The second-order valence-electron chi connectivity index (χ2n) is 12.2. The predicted molar refractivity (Wildman–Crippen MR) is 165 cm³/mol. The van der Waals surface area contributed by atoms with Gasteiger partial charge in [0.25, 0.3) is 0 Å². The van der Waals surface area contributed by atoms with Crippen molar-refractivity contribution in [3.05, 3.63) is 117 Å². The molecule has 3 aromatic carbocycles. The summed E-state index contributed by atoms with van der Waals surface area (Å²) in [6, 6.07) is 19.8. The Morgan fingerprint density at radius 1 is 1.02 bits per heavy atom. The van der Waals surface area contributed by atoms with Gasteiger partial charge >= 0.3 is 6.18 Å². The van der Waals surface area contributed by atoms with Crippen molar-refractivity contribution >= 4 is 23.2 Å². The zero-order chi connectivity index (χ0) is 31.3. The lowest BCUT2D eigenvalue weighted by Crippen LogP contribution is -2.42. The van der Waals surface area contributed by atoms with Crippen molar-refractivity contribution < 1.29 is 18.0 Å². The number of rotatable bonds is 5. The number of nitrogens with zero attached hydrogens (tertiary/aromatic N) is 2. The standard InChI is InChI=1S/C35H34F3N3OS/c1-20-10-12-24(13-11-20)43-19-23-15-25(22(3)14-21(23)2)31-26(18-39)33(40)41(28-9-7-6-8-27(28)35(36,37)38)29-16-34(4,5)17-30(42)32(29)31/h6-15,31H,16-17,19,40H2,1-5H3. The molecule has 222 valence electrons. The lowest BCUT2D eigenvalue weighted by Gasteiger charge is -2.44. The molecule has 1 aliphatic heterocycles. The number of allylic oxidation sites excluding steroid dienone is 3. The Bertz CT molecular complexity index is 1710. The van der Waals surface area contributed by atoms with E-state index in [0.717, 1.165) is 33.2 Å². The first-order chi connectivity index (χ1) is 20.2. The first-order valence-corrected chi connectivity index (χ1v) is 15.1. The highest BCUT2D eigenvalue weighted by atomic mass is 32.2. The highest BCUT2D eigenvalue weighted by Crippen LogP contribution is 2.52. The smallest absolute Gasteiger partial charge is 0.384 e. The van der Waals surface area contributed by atoms with Gasteiger partial charge in [-0.3, -0.25) is 9.69 Å². The molecule has 1 atom stereocenters. The van der Waals surface area contributed by atoms with E-state index in [1.165, 1.54) is 28.7 Å². The number of carbonyl (C=O) groups is 1. The van der Waals surface area contributed by atoms with E-state index in [2.05, 4.69) is 30.3 Å². The van der Waals surface area contributed by atoms with E-state index in [9.17, 15) is 23.2 Å². The highest BCUT2D eigenvalue weighted by molar-refractivity contribution is 7.98. The molecular weight excluding hydrogens is 567 g/mol. The van der Waals surface area contributed by atoms with E-state index in [1.807, 2.05) is 46.8 Å². The minimum Gasteiger partial charge on any atom is -0.384 e. The molecule has 0 spiro atoms. The number of aryl methyl sites for hydroxylation is 3. The van der Waals surface area contributed by atoms with Crippen molar-refractivity contribution in [2.24, 2.45) is 11.1 Å². The fourth-order valence-corrected chi connectivity index (χ4v) is 7.14. The number of halogens is 3. The van der Waals surface area contributed by atoms with Crippen molar-refractivity contribution in [3.8, 4) is 6.07 Å². The monoisotopic (exact) mass is 601 g/mol. The number of Topliss-reactive ketones (excluding diaryl/α,β-unsaturated/α-hetero) is 1. The van der Waals surface area contributed by atoms with Gasteiger partial charge in [-0.15, -0.1) is 11.8 Å². The summed E-state index contributed by atoms with van der Waals surface area (Å²) < 4.78 is 42.7. The Kier molecular flexibility index (Phi) is 8.00. The zero-order valence-electron chi connectivity index (χ0n) is 24.9. The van der Waals surface area contributed by atoms with Crippen LogP contribution in [0.2, 0.25) is 0 Å². The molecule has 3 aromatic rings. The van der Waals surface area contributed by atoms with Crippen LogP contribution in [0.25, 0.3) is 0 Å². The Balaban J connectivity index is 1.70. The molecular formula is C35H34F3N3OS. The number of thioether (sulfide) groups is 1. The molecule has 0 saturated carbocycles. The summed E-state index contributed by atoms with van der Waals surface area (Å²) in [4.78, 5) is 16.4. The fourth-order valence-electron chi connectivity index (χ4n) is 6.18. The third-order valence-electron chi connectivity index (χ3n) is 8.28. The third kappa shape index (κ3) is 5.83. The average Bonchev–Trinajstić information content (AvgIpc) is 2.92. The topological polar surface area (TPSA) is 70.1 Å². The molecule has 0 amide bonds. The largest absolute Gasteiger partial charge is 0.418 e. The Labute approximate surface area is 255 Å². The lowest BCUT2D eigenvalue weighted by molar-refractivity contribution is -0.137. The number of benzene rings is 3. The van der Waals surface area contributed by atoms with Crippen LogP contribution in [0.5, 0.6) is 0 Å². The van der Waals surface area contributed by atoms with E-state index in [0.29, 0.717) is 23.4 Å². The van der Waals surface area contributed by atoms with Gasteiger partial charge in [-0.25, -0.2) is 0 Å². The second-order valence-corrected chi connectivity index (χ2v) is 13.3. The molecule has 1 unspecified atom stereocenters. The Hall–Kier alpha value is -3.96. The molecule has 2 aliphatic rings. The Morgan fingerprint density at radius 3 is 2.35 bits per heavy atom. The van der Waals surface area contributed by atoms with Crippen LogP contribution in [0.4, 0.5) is 18.9 Å². The number of ketones is 1. The summed E-state index contributed by atoms with van der Waals surface area (Å²) in [5, 5.41) is 10.5. The lowest BCUT2D eigenvalue weighted by atomic mass is 9.68. The minimum absolute atomic E-state index is 0.0767. The number of carbonyl (C=O) groups excluding carboxylic acids is 1. The molecule has 43 heavy (non-hydrogen) atoms. The maximum Gasteiger partial charge on any atom is 0.418 e. The minimum atomic E-state index is -4.66. The molecule has 0 aromatic heterocycles. The van der Waals surface area contributed by atoms with E-state index < -0.39 is 23.1 Å². The van der Waals surface area contributed by atoms with E-state index in [1.54, 1.807) is 11.8 Å². The average molecular weight is 602 g/mol. The fraction of sp³-hybridized carbons (Fsp3) is 0.314. The highest BCUT2D eigenvalue weighted by Gasteiger charge is 2.46. The number of nitriles is 1. The van der Waals surface area contributed by atoms with Gasteiger partial charge in [0.05, 0.1) is 28.8 Å². The molecule has 5 rings (SSSR count). The first kappa shape index (κ1) is 30.5. The van der Waals surface area contributed by atoms with Crippen molar-refractivity contribution in [1.29, 1.82) is 5.26 Å². The van der Waals surface area contributed by atoms with Crippen molar-refractivity contribution in [2.75, 3.05) is 4.90 Å². The zero-order valence-corrected chi connectivity index (χ0v) is 25.7. The maximum absolute atomic E-state index is 14.2. The van der Waals surface area contributed by atoms with Crippen LogP contribution in [0.3, 0.4) is 0 Å². The molecule has 8 heteroatoms. The molecule has 0 radical (unpaired) electrons. The molecule has 2 N–H and O–H groups in total. The third-order valence-corrected chi connectivity index (χ3v) is 9.34. The summed E-state index contributed by atoms with van der Waals surface area (Å²) in [6.45, 7) is 9.87. The molecule has 1 aliphatic carbocycles. The number of hydrogen-bond donors (Lipinski definition) is 1. The van der Waals surface area contributed by atoms with Crippen molar-refractivity contribution in [2.45, 2.75) is 70.2 Å². The number of hydrogen-bond acceptors (Lipinski definition) is 5. The van der Waals surface area contributed by atoms with Crippen LogP contribution in [0, 0.1) is 37.5 Å². The Morgan fingerprint density at radius 2 is 1.70 bits per heavy atom. The van der Waals surface area contributed by atoms with E-state index in [4.69, 9.17) is 5.73 Å². The maximum atomic E-state index is 14.2. The molecule has 0 saturated heterocycles. The van der Waals surface area contributed by atoms with Crippen molar-refractivity contribution in [1.82, 2.24) is 0 Å². The van der Waals surface area contributed by atoms with Gasteiger partial charge in [0.2, 0.25) is 0 Å². The van der Waals surface area contributed by atoms with E-state index >= 15 is 0 Å².